The Morgan fingerprint density at radius 3 is 2.74 bits per heavy atom. The van der Waals surface area contributed by atoms with E-state index >= 15 is 0 Å². The van der Waals surface area contributed by atoms with Crippen LogP contribution in [-0.2, 0) is 17.6 Å². The molecule has 1 atom stereocenters. The number of carbonyl (C=O) groups is 2. The first kappa shape index (κ1) is 27.5. The van der Waals surface area contributed by atoms with E-state index in [2.05, 4.69) is 67.3 Å². The van der Waals surface area contributed by atoms with Gasteiger partial charge in [-0.25, -0.2) is 9.80 Å². The molecule has 35 heavy (non-hydrogen) atoms. The van der Waals surface area contributed by atoms with Crippen molar-refractivity contribution in [1.29, 1.82) is 0 Å². The van der Waals surface area contributed by atoms with Gasteiger partial charge in [0.15, 0.2) is 0 Å². The predicted octanol–water partition coefficient (Wildman–Crippen LogP) is 5.96. The second-order valence-corrected chi connectivity index (χ2v) is 17.0. The van der Waals surface area contributed by atoms with E-state index in [1.54, 1.807) is 6.07 Å². The number of benzene rings is 1. The summed E-state index contributed by atoms with van der Waals surface area (Å²) in [5.74, 6) is 4.38. The Kier molecular flexibility index (Phi) is 10.0. The van der Waals surface area contributed by atoms with Gasteiger partial charge in [-0.05, 0) is 48.6 Å². The number of thiophene rings is 1. The summed E-state index contributed by atoms with van der Waals surface area (Å²) < 4.78 is 4.80. The van der Waals surface area contributed by atoms with Gasteiger partial charge in [-0.15, -0.1) is 16.9 Å². The molecule has 5 nitrogen and oxygen atoms in total. The fraction of sp³-hybridized carbons (Fsp3) is 0.481. The molecule has 1 aliphatic heterocycles. The van der Waals surface area contributed by atoms with Crippen molar-refractivity contribution < 1.29 is 14.3 Å². The molecular formula is C27H36N2O3S2Si. The topological polar surface area (TPSA) is 49.9 Å². The Morgan fingerprint density at radius 1 is 1.20 bits per heavy atom. The monoisotopic (exact) mass is 528 g/mol. The second-order valence-electron chi connectivity index (χ2n) is 10.00. The van der Waals surface area contributed by atoms with Gasteiger partial charge in [0.2, 0.25) is 0 Å². The lowest BCUT2D eigenvalue weighted by Crippen LogP contribution is -2.50. The largest absolute Gasteiger partial charge is 0.465 e. The third-order valence-electron chi connectivity index (χ3n) is 5.72. The highest BCUT2D eigenvalue weighted by molar-refractivity contribution is 8.13. The van der Waals surface area contributed by atoms with Crippen LogP contribution < -0.4 is 0 Å². The van der Waals surface area contributed by atoms with Crippen molar-refractivity contribution in [3.63, 3.8) is 0 Å². The van der Waals surface area contributed by atoms with Gasteiger partial charge in [0.05, 0.1) is 7.11 Å². The SMILES string of the molecule is COC(=O)c1ccc(CCN2C(=O)SCCN2CCC(C)Cc2cccc(C#C[Si](C)(C)C)c2)s1. The number of hydrogen-bond acceptors (Lipinski definition) is 6. The minimum Gasteiger partial charge on any atom is -0.465 e. The number of carbonyl (C=O) groups excluding carboxylic acids is 2. The predicted molar refractivity (Wildman–Crippen MR) is 150 cm³/mol. The minimum absolute atomic E-state index is 0.113. The number of esters is 1. The van der Waals surface area contributed by atoms with Crippen LogP contribution >= 0.6 is 23.1 Å². The lowest BCUT2D eigenvalue weighted by atomic mass is 9.97. The maximum atomic E-state index is 12.7. The van der Waals surface area contributed by atoms with Crippen molar-refractivity contribution in [3.05, 3.63) is 57.3 Å². The molecule has 3 rings (SSSR count). The Morgan fingerprint density at radius 2 is 2.00 bits per heavy atom. The van der Waals surface area contributed by atoms with Gasteiger partial charge >= 0.3 is 5.97 Å². The Hall–Kier alpha value is -2.05. The summed E-state index contributed by atoms with van der Waals surface area (Å²) in [6, 6.07) is 12.4. The quantitative estimate of drug-likeness (QED) is 0.228. The first-order chi connectivity index (χ1) is 16.6. The van der Waals surface area contributed by atoms with Crippen molar-refractivity contribution in [3.8, 4) is 11.5 Å². The summed E-state index contributed by atoms with van der Waals surface area (Å²) in [6.07, 6.45) is 2.75. The first-order valence-corrected chi connectivity index (χ1v) is 17.4. The molecule has 2 heterocycles. The lowest BCUT2D eigenvalue weighted by molar-refractivity contribution is 0.0241. The van der Waals surface area contributed by atoms with E-state index < -0.39 is 8.07 Å². The maximum Gasteiger partial charge on any atom is 0.348 e. The van der Waals surface area contributed by atoms with Gasteiger partial charge < -0.3 is 4.74 Å². The Bertz CT molecular complexity index is 1080. The molecule has 0 bridgehead atoms. The third-order valence-corrected chi connectivity index (χ3v) is 8.56. The normalized spacial score (nSPS) is 15.5. The van der Waals surface area contributed by atoms with Crippen LogP contribution in [0.15, 0.2) is 36.4 Å². The van der Waals surface area contributed by atoms with Crippen LogP contribution in [-0.4, -0.2) is 61.8 Å². The molecular weight excluding hydrogens is 493 g/mol. The zero-order chi connectivity index (χ0) is 25.4. The summed E-state index contributed by atoms with van der Waals surface area (Å²) in [5.41, 5.74) is 5.87. The van der Waals surface area contributed by atoms with E-state index in [1.807, 2.05) is 11.1 Å². The summed E-state index contributed by atoms with van der Waals surface area (Å²) in [7, 11) is 0.00390. The number of hydrogen-bond donors (Lipinski definition) is 0. The molecule has 1 aromatic heterocycles. The van der Waals surface area contributed by atoms with Crippen molar-refractivity contribution >= 4 is 42.4 Å². The average Bonchev–Trinajstić information content (AvgIpc) is 3.29. The van der Waals surface area contributed by atoms with Crippen LogP contribution in [0, 0.1) is 17.4 Å². The fourth-order valence-electron chi connectivity index (χ4n) is 3.86. The number of ether oxygens (including phenoxy) is 1. The van der Waals surface area contributed by atoms with E-state index in [4.69, 9.17) is 4.74 Å². The lowest BCUT2D eigenvalue weighted by Gasteiger charge is -2.38. The molecule has 188 valence electrons. The van der Waals surface area contributed by atoms with Crippen molar-refractivity contribution in [2.75, 3.05) is 32.5 Å². The molecule has 1 aromatic carbocycles. The third kappa shape index (κ3) is 8.83. The zero-order valence-electron chi connectivity index (χ0n) is 21.4. The van der Waals surface area contributed by atoms with Gasteiger partial charge in [0.25, 0.3) is 5.24 Å². The number of thioether (sulfide) groups is 1. The van der Waals surface area contributed by atoms with E-state index in [1.165, 1.54) is 35.8 Å². The van der Waals surface area contributed by atoms with Gasteiger partial charge in [-0.1, -0.05) is 56.4 Å². The highest BCUT2D eigenvalue weighted by Gasteiger charge is 2.27. The molecule has 1 saturated heterocycles. The minimum atomic E-state index is -1.39. The molecule has 0 aliphatic carbocycles. The molecule has 1 amide bonds. The van der Waals surface area contributed by atoms with Gasteiger partial charge in [0.1, 0.15) is 13.0 Å². The van der Waals surface area contributed by atoms with Crippen LogP contribution in [0.1, 0.15) is 39.0 Å². The number of amides is 1. The fourth-order valence-corrected chi connectivity index (χ4v) is 6.13. The van der Waals surface area contributed by atoms with Crippen LogP contribution in [0.5, 0.6) is 0 Å². The molecule has 0 radical (unpaired) electrons. The second kappa shape index (κ2) is 12.8. The molecule has 0 spiro atoms. The number of rotatable bonds is 9. The standard InChI is InChI=1S/C27H36N2O3S2Si/c1-21(19-23-8-6-7-22(20-23)13-18-35(3,4)5)11-14-28-16-17-33-27(31)29(28)15-12-24-9-10-25(34-24)26(30)32-2/h6-10,20-21H,11-12,14-17,19H2,1-5H3. The van der Waals surface area contributed by atoms with Crippen LogP contribution in [0.3, 0.4) is 0 Å². The highest BCUT2D eigenvalue weighted by Crippen LogP contribution is 2.23. The number of hydrazine groups is 1. The van der Waals surface area contributed by atoms with Crippen LogP contribution in [0.25, 0.3) is 0 Å². The van der Waals surface area contributed by atoms with E-state index in [0.717, 1.165) is 48.5 Å². The molecule has 1 aliphatic rings. The molecule has 8 heteroatoms. The zero-order valence-corrected chi connectivity index (χ0v) is 24.1. The molecule has 1 fully saturated rings. The summed E-state index contributed by atoms with van der Waals surface area (Å²) in [4.78, 5) is 26.1. The van der Waals surface area contributed by atoms with Gasteiger partial charge in [0, 0.05) is 42.2 Å². The highest BCUT2D eigenvalue weighted by atomic mass is 32.2. The van der Waals surface area contributed by atoms with E-state index in [-0.39, 0.29) is 11.2 Å². The maximum absolute atomic E-state index is 12.7. The van der Waals surface area contributed by atoms with E-state index in [9.17, 15) is 9.59 Å². The molecule has 0 N–H and O–H groups in total. The van der Waals surface area contributed by atoms with Gasteiger partial charge in [-0.3, -0.25) is 9.80 Å². The van der Waals surface area contributed by atoms with Crippen molar-refractivity contribution in [2.45, 2.75) is 45.8 Å². The summed E-state index contributed by atoms with van der Waals surface area (Å²) in [6.45, 7) is 11.4. The number of nitrogens with zero attached hydrogens (tertiary/aromatic N) is 2. The molecule has 0 saturated carbocycles. The number of methoxy groups -OCH3 is 1. The van der Waals surface area contributed by atoms with Gasteiger partial charge in [-0.2, -0.15) is 0 Å². The molecule has 1 unspecified atom stereocenters. The van der Waals surface area contributed by atoms with Crippen LogP contribution in [0.2, 0.25) is 19.6 Å². The Balaban J connectivity index is 1.54. The summed E-state index contributed by atoms with van der Waals surface area (Å²) >= 11 is 2.82. The first-order valence-electron chi connectivity index (χ1n) is 12.1. The smallest absolute Gasteiger partial charge is 0.348 e. The molecule has 2 aromatic rings. The Labute approximate surface area is 219 Å². The van der Waals surface area contributed by atoms with E-state index in [0.29, 0.717) is 17.3 Å². The average molecular weight is 529 g/mol. The van der Waals surface area contributed by atoms with Crippen molar-refractivity contribution in [2.24, 2.45) is 5.92 Å². The van der Waals surface area contributed by atoms with Crippen LogP contribution in [0.4, 0.5) is 4.79 Å². The van der Waals surface area contributed by atoms with Crippen molar-refractivity contribution in [1.82, 2.24) is 10.0 Å². The summed E-state index contributed by atoms with van der Waals surface area (Å²) in [5, 5.41) is 4.22.